The Bertz CT molecular complexity index is 848. The Morgan fingerprint density at radius 3 is 2.80 bits per heavy atom. The fourth-order valence-corrected chi connectivity index (χ4v) is 3.10. The first-order valence-electron chi connectivity index (χ1n) is 8.04. The van der Waals surface area contributed by atoms with Crippen LogP contribution in [0.25, 0.3) is 5.65 Å². The molecule has 130 valence electrons. The Morgan fingerprint density at radius 1 is 1.24 bits per heavy atom. The van der Waals surface area contributed by atoms with Crippen LogP contribution in [0.5, 0.6) is 5.75 Å². The molecule has 0 saturated heterocycles. The van der Waals surface area contributed by atoms with Gasteiger partial charge >= 0.3 is 0 Å². The molecule has 6 nitrogen and oxygen atoms in total. The van der Waals surface area contributed by atoms with Crippen molar-refractivity contribution >= 4 is 23.2 Å². The Morgan fingerprint density at radius 2 is 2.04 bits per heavy atom. The minimum Gasteiger partial charge on any atom is -0.491 e. The third-order valence-corrected chi connectivity index (χ3v) is 4.72. The van der Waals surface area contributed by atoms with E-state index in [4.69, 9.17) is 4.74 Å². The van der Waals surface area contributed by atoms with Crippen LogP contribution in [-0.2, 0) is 0 Å². The number of carbonyl (C=O) groups is 1. The van der Waals surface area contributed by atoms with Crippen LogP contribution in [0.4, 0.5) is 0 Å². The lowest BCUT2D eigenvalue weighted by Crippen LogP contribution is -2.20. The number of aromatic nitrogens is 3. The molecule has 3 rings (SSSR count). The van der Waals surface area contributed by atoms with Crippen LogP contribution < -0.4 is 4.74 Å². The van der Waals surface area contributed by atoms with E-state index in [2.05, 4.69) is 10.2 Å². The van der Waals surface area contributed by atoms with E-state index in [0.29, 0.717) is 23.5 Å². The van der Waals surface area contributed by atoms with Gasteiger partial charge in [0.2, 0.25) is 0 Å². The van der Waals surface area contributed by atoms with Gasteiger partial charge < -0.3 is 9.84 Å². The van der Waals surface area contributed by atoms with Gasteiger partial charge in [0.05, 0.1) is 6.10 Å². The number of thioether (sulfide) groups is 1. The van der Waals surface area contributed by atoms with E-state index in [1.807, 2.05) is 35.7 Å². The average Bonchev–Trinajstić information content (AvgIpc) is 3.07. The van der Waals surface area contributed by atoms with Crippen molar-refractivity contribution in [2.24, 2.45) is 0 Å². The van der Waals surface area contributed by atoms with Crippen molar-refractivity contribution in [3.8, 4) is 5.75 Å². The third kappa shape index (κ3) is 4.37. The van der Waals surface area contributed by atoms with Crippen molar-refractivity contribution < 1.29 is 14.6 Å². The molecule has 0 aliphatic carbocycles. The highest BCUT2D eigenvalue weighted by Gasteiger charge is 2.11. The first kappa shape index (κ1) is 17.4. The summed E-state index contributed by atoms with van der Waals surface area (Å²) in [4.78, 5) is 11.6. The van der Waals surface area contributed by atoms with Crippen molar-refractivity contribution in [1.82, 2.24) is 14.6 Å². The number of benzene rings is 1. The largest absolute Gasteiger partial charge is 0.491 e. The van der Waals surface area contributed by atoms with Gasteiger partial charge in [-0.3, -0.25) is 9.20 Å². The number of rotatable bonds is 8. The smallest absolute Gasteiger partial charge is 0.195 e. The Hall–Kier alpha value is -2.38. The zero-order valence-electron chi connectivity index (χ0n) is 13.8. The fraction of sp³-hybridized carbons (Fsp3) is 0.278. The van der Waals surface area contributed by atoms with Crippen molar-refractivity contribution in [2.75, 3.05) is 12.4 Å². The molecule has 0 aliphatic heterocycles. The van der Waals surface area contributed by atoms with E-state index in [0.717, 1.165) is 10.8 Å². The second-order valence-electron chi connectivity index (χ2n) is 5.49. The van der Waals surface area contributed by atoms with Gasteiger partial charge in [0, 0.05) is 23.9 Å². The summed E-state index contributed by atoms with van der Waals surface area (Å²) in [7, 11) is 0. The predicted molar refractivity (Wildman–Crippen MR) is 96.3 cm³/mol. The summed E-state index contributed by atoms with van der Waals surface area (Å²) in [5.41, 5.74) is 1.45. The molecule has 0 spiro atoms. The number of carbonyl (C=O) groups excluding carboxylic acids is 1. The molecule has 0 fully saturated rings. The number of nitrogens with zero attached hydrogens (tertiary/aromatic N) is 3. The van der Waals surface area contributed by atoms with Crippen LogP contribution in [-0.4, -0.2) is 44.0 Å². The monoisotopic (exact) mass is 357 g/mol. The summed E-state index contributed by atoms with van der Waals surface area (Å²) in [6.07, 6.45) is 1.73. The lowest BCUT2D eigenvalue weighted by atomic mass is 10.1. The number of ether oxygens (including phenoxy) is 1. The number of aliphatic hydroxyl groups is 1. The van der Waals surface area contributed by atoms with Crippen molar-refractivity contribution in [3.05, 3.63) is 54.2 Å². The summed E-state index contributed by atoms with van der Waals surface area (Å²) in [6.45, 7) is 2.00. The highest BCUT2D eigenvalue weighted by molar-refractivity contribution is 7.99. The fourth-order valence-electron chi connectivity index (χ4n) is 2.27. The van der Waals surface area contributed by atoms with Gasteiger partial charge in [0.1, 0.15) is 12.4 Å². The lowest BCUT2D eigenvalue weighted by Gasteiger charge is -2.12. The van der Waals surface area contributed by atoms with Crippen LogP contribution in [0.15, 0.2) is 53.8 Å². The van der Waals surface area contributed by atoms with Gasteiger partial charge in [0.15, 0.2) is 16.6 Å². The molecule has 3 aromatic rings. The van der Waals surface area contributed by atoms with E-state index >= 15 is 0 Å². The summed E-state index contributed by atoms with van der Waals surface area (Å²) in [5, 5.41) is 19.0. The second kappa shape index (κ2) is 8.13. The molecule has 2 heterocycles. The predicted octanol–water partition coefficient (Wildman–Crippen LogP) is 2.85. The number of Topliss-reactive ketones (excluding diaryl/α,β-unsaturated/α-hetero) is 1. The number of hydrogen-bond donors (Lipinski definition) is 1. The van der Waals surface area contributed by atoms with E-state index in [1.165, 1.54) is 11.8 Å². The lowest BCUT2D eigenvalue weighted by molar-refractivity contribution is 0.0987. The van der Waals surface area contributed by atoms with E-state index in [9.17, 15) is 9.90 Å². The molecular formula is C18H19N3O3S. The van der Waals surface area contributed by atoms with Crippen molar-refractivity contribution in [1.29, 1.82) is 0 Å². The minimum absolute atomic E-state index is 0.100. The number of fused-ring (bicyclic) bond motifs is 1. The van der Waals surface area contributed by atoms with Crippen LogP contribution >= 0.6 is 11.8 Å². The van der Waals surface area contributed by atoms with Gasteiger partial charge in [-0.2, -0.15) is 0 Å². The molecule has 0 radical (unpaired) electrons. The summed E-state index contributed by atoms with van der Waals surface area (Å²) < 4.78 is 7.45. The Balaban J connectivity index is 1.49. The Labute approximate surface area is 149 Å². The third-order valence-electron chi connectivity index (χ3n) is 3.63. The molecule has 0 aliphatic rings. The molecule has 25 heavy (non-hydrogen) atoms. The normalized spacial score (nSPS) is 12.2. The van der Waals surface area contributed by atoms with Gasteiger partial charge in [0.25, 0.3) is 0 Å². The molecule has 0 amide bonds. The molecule has 0 unspecified atom stereocenters. The van der Waals surface area contributed by atoms with E-state index < -0.39 is 6.10 Å². The molecule has 0 bridgehead atoms. The summed E-state index contributed by atoms with van der Waals surface area (Å²) in [6, 6.07) is 12.7. The first-order valence-corrected chi connectivity index (χ1v) is 9.02. The first-order chi connectivity index (χ1) is 12.2. The summed E-state index contributed by atoms with van der Waals surface area (Å²) in [5.74, 6) is 1.18. The van der Waals surface area contributed by atoms with E-state index in [1.54, 1.807) is 24.3 Å². The Kier molecular flexibility index (Phi) is 5.67. The van der Waals surface area contributed by atoms with Crippen molar-refractivity contribution in [2.45, 2.75) is 24.6 Å². The summed E-state index contributed by atoms with van der Waals surface area (Å²) >= 11 is 1.42. The number of hydrogen-bond acceptors (Lipinski definition) is 6. The molecular weight excluding hydrogens is 338 g/mol. The topological polar surface area (TPSA) is 76.7 Å². The van der Waals surface area contributed by atoms with Crippen molar-refractivity contribution in [3.63, 3.8) is 0 Å². The molecule has 2 aromatic heterocycles. The number of aliphatic hydroxyl groups excluding tert-OH is 1. The van der Waals surface area contributed by atoms with Crippen LogP contribution in [0.3, 0.4) is 0 Å². The maximum absolute atomic E-state index is 11.6. The number of ketones is 1. The standard InChI is InChI=1S/C18H19N3O3S/c1-2-16(23)13-6-8-15(9-7-13)24-11-14(22)12-25-18-20-19-17-5-3-4-10-21(17)18/h3-10,14,22H,2,11-12H2,1H3/t14-/m0/s1. The zero-order chi connectivity index (χ0) is 17.6. The SMILES string of the molecule is CCC(=O)c1ccc(OC[C@H](O)CSc2nnc3ccccn23)cc1. The highest BCUT2D eigenvalue weighted by atomic mass is 32.2. The number of pyridine rings is 1. The van der Waals surface area contributed by atoms with Gasteiger partial charge in [-0.15, -0.1) is 10.2 Å². The molecule has 7 heteroatoms. The zero-order valence-corrected chi connectivity index (χ0v) is 14.6. The molecule has 1 N–H and O–H groups in total. The van der Waals surface area contributed by atoms with Crippen LogP contribution in [0.1, 0.15) is 23.7 Å². The van der Waals surface area contributed by atoms with Gasteiger partial charge in [-0.25, -0.2) is 0 Å². The molecule has 0 saturated carbocycles. The highest BCUT2D eigenvalue weighted by Crippen LogP contribution is 2.18. The van der Waals surface area contributed by atoms with E-state index in [-0.39, 0.29) is 12.4 Å². The molecule has 1 atom stereocenters. The van der Waals surface area contributed by atoms with Crippen LogP contribution in [0, 0.1) is 0 Å². The average molecular weight is 357 g/mol. The maximum Gasteiger partial charge on any atom is 0.195 e. The quantitative estimate of drug-likeness (QED) is 0.493. The van der Waals surface area contributed by atoms with Gasteiger partial charge in [-0.1, -0.05) is 24.8 Å². The van der Waals surface area contributed by atoms with Crippen LogP contribution in [0.2, 0.25) is 0 Å². The van der Waals surface area contributed by atoms with Gasteiger partial charge in [-0.05, 0) is 36.4 Å². The second-order valence-corrected chi connectivity index (χ2v) is 6.48. The molecule has 1 aromatic carbocycles. The minimum atomic E-state index is -0.641. The maximum atomic E-state index is 11.6.